The molecule has 4 heteroatoms. The van der Waals surface area contributed by atoms with Crippen LogP contribution in [0.2, 0.25) is 0 Å². The van der Waals surface area contributed by atoms with Crippen molar-refractivity contribution in [3.63, 3.8) is 0 Å². The molecule has 2 rings (SSSR count). The minimum Gasteiger partial charge on any atom is -0.444 e. The van der Waals surface area contributed by atoms with Crippen molar-refractivity contribution in [1.29, 1.82) is 0 Å². The molecule has 0 saturated heterocycles. The third-order valence-corrected chi connectivity index (χ3v) is 3.28. The van der Waals surface area contributed by atoms with Gasteiger partial charge < -0.3 is 14.8 Å². The lowest BCUT2D eigenvalue weighted by Gasteiger charge is -2.12. The molecular formula is C17H24N2O2. The molecule has 0 spiro atoms. The van der Waals surface area contributed by atoms with Crippen LogP contribution in [0, 0.1) is 12.8 Å². The van der Waals surface area contributed by atoms with Crippen molar-refractivity contribution in [1.82, 2.24) is 10.3 Å². The Morgan fingerprint density at radius 3 is 2.62 bits per heavy atom. The lowest BCUT2D eigenvalue weighted by Crippen LogP contribution is -2.27. The van der Waals surface area contributed by atoms with E-state index in [1.165, 1.54) is 5.56 Å². The SMILES string of the molecule is Cc1ccc(-c2nc(CNCC(O)CC(C)C)co2)cc1. The van der Waals surface area contributed by atoms with E-state index in [4.69, 9.17) is 4.42 Å². The third kappa shape index (κ3) is 4.99. The molecule has 0 amide bonds. The Hall–Kier alpha value is -1.65. The number of aliphatic hydroxyl groups excluding tert-OH is 1. The quantitative estimate of drug-likeness (QED) is 0.821. The molecule has 0 bridgehead atoms. The molecule has 0 saturated carbocycles. The van der Waals surface area contributed by atoms with E-state index in [-0.39, 0.29) is 6.10 Å². The normalized spacial score (nSPS) is 12.8. The molecule has 1 atom stereocenters. The van der Waals surface area contributed by atoms with Crippen molar-refractivity contribution in [2.45, 2.75) is 39.8 Å². The van der Waals surface area contributed by atoms with E-state index in [2.05, 4.69) is 31.1 Å². The van der Waals surface area contributed by atoms with E-state index in [0.717, 1.165) is 17.7 Å². The fourth-order valence-corrected chi connectivity index (χ4v) is 2.21. The van der Waals surface area contributed by atoms with E-state index in [1.54, 1.807) is 6.26 Å². The lowest BCUT2D eigenvalue weighted by atomic mass is 10.1. The van der Waals surface area contributed by atoms with Crippen LogP contribution in [-0.2, 0) is 6.54 Å². The van der Waals surface area contributed by atoms with Crippen LogP contribution in [0.4, 0.5) is 0 Å². The summed E-state index contributed by atoms with van der Waals surface area (Å²) in [6, 6.07) is 8.09. The molecular weight excluding hydrogens is 264 g/mol. The summed E-state index contributed by atoms with van der Waals surface area (Å²) < 4.78 is 5.50. The maximum absolute atomic E-state index is 9.80. The predicted molar refractivity (Wildman–Crippen MR) is 83.8 cm³/mol. The summed E-state index contributed by atoms with van der Waals surface area (Å²) in [7, 11) is 0. The smallest absolute Gasteiger partial charge is 0.226 e. The summed E-state index contributed by atoms with van der Waals surface area (Å²) in [5.41, 5.74) is 3.04. The van der Waals surface area contributed by atoms with Crippen molar-refractivity contribution in [2.24, 2.45) is 5.92 Å². The van der Waals surface area contributed by atoms with Gasteiger partial charge in [-0.05, 0) is 31.4 Å². The fraction of sp³-hybridized carbons (Fsp3) is 0.471. The van der Waals surface area contributed by atoms with Crippen molar-refractivity contribution < 1.29 is 9.52 Å². The number of aliphatic hydroxyl groups is 1. The minimum atomic E-state index is -0.312. The molecule has 21 heavy (non-hydrogen) atoms. The highest BCUT2D eigenvalue weighted by Crippen LogP contribution is 2.19. The van der Waals surface area contributed by atoms with Crippen LogP contribution in [0.1, 0.15) is 31.5 Å². The summed E-state index contributed by atoms with van der Waals surface area (Å²) in [6.07, 6.45) is 2.16. The van der Waals surface area contributed by atoms with E-state index < -0.39 is 0 Å². The van der Waals surface area contributed by atoms with Gasteiger partial charge in [0.05, 0.1) is 11.8 Å². The second kappa shape index (κ2) is 7.38. The van der Waals surface area contributed by atoms with Crippen molar-refractivity contribution in [2.75, 3.05) is 6.54 Å². The van der Waals surface area contributed by atoms with Gasteiger partial charge in [0.15, 0.2) is 0 Å². The molecule has 114 valence electrons. The zero-order valence-electron chi connectivity index (χ0n) is 13.0. The molecule has 2 aromatic rings. The summed E-state index contributed by atoms with van der Waals surface area (Å²) in [6.45, 7) is 7.44. The molecule has 0 radical (unpaired) electrons. The Morgan fingerprint density at radius 1 is 1.24 bits per heavy atom. The largest absolute Gasteiger partial charge is 0.444 e. The third-order valence-electron chi connectivity index (χ3n) is 3.28. The molecule has 1 heterocycles. The number of hydrogen-bond acceptors (Lipinski definition) is 4. The first kappa shape index (κ1) is 15.7. The number of aryl methyl sites for hydroxylation is 1. The van der Waals surface area contributed by atoms with E-state index in [0.29, 0.717) is 24.9 Å². The second-order valence-corrected chi connectivity index (χ2v) is 5.92. The molecule has 0 aliphatic carbocycles. The van der Waals surface area contributed by atoms with Gasteiger partial charge in [0.2, 0.25) is 5.89 Å². The van der Waals surface area contributed by atoms with Crippen LogP contribution in [0.3, 0.4) is 0 Å². The van der Waals surface area contributed by atoms with Gasteiger partial charge in [-0.25, -0.2) is 4.98 Å². The zero-order valence-corrected chi connectivity index (χ0v) is 13.0. The summed E-state index contributed by atoms with van der Waals surface area (Å²) in [5.74, 6) is 1.14. The zero-order chi connectivity index (χ0) is 15.2. The fourth-order valence-electron chi connectivity index (χ4n) is 2.21. The molecule has 4 nitrogen and oxygen atoms in total. The Bertz CT molecular complexity index is 546. The summed E-state index contributed by atoms with van der Waals surface area (Å²) in [5, 5.41) is 13.0. The van der Waals surface area contributed by atoms with Crippen LogP contribution in [0.15, 0.2) is 34.9 Å². The van der Waals surface area contributed by atoms with Crippen LogP contribution >= 0.6 is 0 Å². The molecule has 0 aliphatic rings. The first-order valence-corrected chi connectivity index (χ1v) is 7.45. The van der Waals surface area contributed by atoms with Crippen LogP contribution in [0.5, 0.6) is 0 Å². The Labute approximate surface area is 126 Å². The van der Waals surface area contributed by atoms with Gasteiger partial charge in [-0.3, -0.25) is 0 Å². The topological polar surface area (TPSA) is 58.3 Å². The van der Waals surface area contributed by atoms with Gasteiger partial charge >= 0.3 is 0 Å². The monoisotopic (exact) mass is 288 g/mol. The van der Waals surface area contributed by atoms with E-state index >= 15 is 0 Å². The lowest BCUT2D eigenvalue weighted by molar-refractivity contribution is 0.146. The van der Waals surface area contributed by atoms with Crippen LogP contribution in [0.25, 0.3) is 11.5 Å². The first-order chi connectivity index (χ1) is 10.0. The molecule has 0 fully saturated rings. The molecule has 1 aromatic carbocycles. The summed E-state index contributed by atoms with van der Waals surface area (Å²) >= 11 is 0. The molecule has 1 aromatic heterocycles. The highest BCUT2D eigenvalue weighted by Gasteiger charge is 2.09. The van der Waals surface area contributed by atoms with E-state index in [9.17, 15) is 5.11 Å². The van der Waals surface area contributed by atoms with Gasteiger partial charge in [-0.1, -0.05) is 31.5 Å². The van der Waals surface area contributed by atoms with Gasteiger partial charge in [-0.2, -0.15) is 0 Å². The molecule has 0 aliphatic heterocycles. The van der Waals surface area contributed by atoms with Gasteiger partial charge in [0.1, 0.15) is 6.26 Å². The van der Waals surface area contributed by atoms with Gasteiger partial charge in [-0.15, -0.1) is 0 Å². The molecule has 2 N–H and O–H groups in total. The van der Waals surface area contributed by atoms with Gasteiger partial charge in [0, 0.05) is 18.7 Å². The second-order valence-electron chi connectivity index (χ2n) is 5.92. The maximum Gasteiger partial charge on any atom is 0.226 e. The Kier molecular flexibility index (Phi) is 5.53. The Morgan fingerprint density at radius 2 is 1.95 bits per heavy atom. The van der Waals surface area contributed by atoms with Crippen molar-refractivity contribution >= 4 is 0 Å². The number of nitrogens with one attached hydrogen (secondary N) is 1. The predicted octanol–water partition coefficient (Wildman–Crippen LogP) is 3.15. The van der Waals surface area contributed by atoms with Crippen molar-refractivity contribution in [3.8, 4) is 11.5 Å². The van der Waals surface area contributed by atoms with Crippen LogP contribution < -0.4 is 5.32 Å². The van der Waals surface area contributed by atoms with Gasteiger partial charge in [0.25, 0.3) is 0 Å². The highest BCUT2D eigenvalue weighted by molar-refractivity contribution is 5.53. The number of hydrogen-bond donors (Lipinski definition) is 2. The van der Waals surface area contributed by atoms with E-state index in [1.807, 2.05) is 24.3 Å². The van der Waals surface area contributed by atoms with Crippen molar-refractivity contribution in [3.05, 3.63) is 41.8 Å². The average Bonchev–Trinajstić information content (AvgIpc) is 2.87. The number of nitrogens with zero attached hydrogens (tertiary/aromatic N) is 1. The minimum absolute atomic E-state index is 0.312. The molecule has 1 unspecified atom stereocenters. The number of benzene rings is 1. The maximum atomic E-state index is 9.80. The number of rotatable bonds is 7. The first-order valence-electron chi connectivity index (χ1n) is 7.45. The van der Waals surface area contributed by atoms with Crippen LogP contribution in [-0.4, -0.2) is 22.7 Å². The highest BCUT2D eigenvalue weighted by atomic mass is 16.3. The Balaban J connectivity index is 1.84. The number of oxazole rings is 1. The summed E-state index contributed by atoms with van der Waals surface area (Å²) in [4.78, 5) is 4.46. The number of aromatic nitrogens is 1. The average molecular weight is 288 g/mol. The standard InChI is InChI=1S/C17H24N2O2/c1-12(2)8-16(20)10-18-9-15-11-21-17(19-15)14-6-4-13(3)5-7-14/h4-7,11-12,16,18,20H,8-10H2,1-3H3.